The molecule has 0 saturated heterocycles. The number of nitrogens with one attached hydrogen (secondary N) is 1. The summed E-state index contributed by atoms with van der Waals surface area (Å²) in [6, 6.07) is 13.7. The van der Waals surface area contributed by atoms with Gasteiger partial charge < -0.3 is 10.1 Å². The molecule has 118 valence electrons. The van der Waals surface area contributed by atoms with E-state index >= 15 is 0 Å². The molecule has 4 nitrogen and oxygen atoms in total. The summed E-state index contributed by atoms with van der Waals surface area (Å²) in [5.74, 6) is 0.0779. The lowest BCUT2D eigenvalue weighted by Crippen LogP contribution is -2.31. The van der Waals surface area contributed by atoms with Crippen LogP contribution in [0.25, 0.3) is 0 Å². The van der Waals surface area contributed by atoms with Gasteiger partial charge in [0.2, 0.25) is 0 Å². The van der Waals surface area contributed by atoms with Gasteiger partial charge in [0, 0.05) is 5.02 Å². The molecule has 0 bridgehead atoms. The van der Waals surface area contributed by atoms with Crippen LogP contribution in [-0.2, 0) is 4.79 Å². The fraction of sp³-hybridized carbons (Fsp3) is 0.176. The van der Waals surface area contributed by atoms with Gasteiger partial charge in [-0.25, -0.2) is 0 Å². The van der Waals surface area contributed by atoms with E-state index in [9.17, 15) is 4.79 Å². The molecule has 0 aromatic heterocycles. The third-order valence-corrected chi connectivity index (χ3v) is 3.68. The zero-order chi connectivity index (χ0) is 16.8. The van der Waals surface area contributed by atoms with E-state index in [0.717, 1.165) is 5.56 Å². The summed E-state index contributed by atoms with van der Waals surface area (Å²) in [6.07, 6.45) is 0. The Hall–Kier alpha value is -2.22. The van der Waals surface area contributed by atoms with Crippen LogP contribution in [0.2, 0.25) is 10.0 Å². The van der Waals surface area contributed by atoms with Crippen molar-refractivity contribution in [3.63, 3.8) is 0 Å². The molecule has 1 N–H and O–H groups in total. The van der Waals surface area contributed by atoms with Crippen LogP contribution in [0.1, 0.15) is 24.1 Å². The Kier molecular flexibility index (Phi) is 5.86. The molecule has 23 heavy (non-hydrogen) atoms. The first-order chi connectivity index (χ1) is 11.0. The van der Waals surface area contributed by atoms with Gasteiger partial charge >= 0.3 is 0 Å². The van der Waals surface area contributed by atoms with Gasteiger partial charge in [0.25, 0.3) is 5.91 Å². The number of rotatable bonds is 5. The Bertz CT molecular complexity index is 756. The van der Waals surface area contributed by atoms with Gasteiger partial charge in [0.15, 0.2) is 6.61 Å². The van der Waals surface area contributed by atoms with E-state index in [1.807, 2.05) is 25.1 Å². The Morgan fingerprint density at radius 3 is 2.74 bits per heavy atom. The molecule has 0 aliphatic heterocycles. The summed E-state index contributed by atoms with van der Waals surface area (Å²) in [4.78, 5) is 12.0. The molecular weight excluding hydrogens is 335 g/mol. The molecule has 0 fully saturated rings. The Morgan fingerprint density at radius 1 is 1.30 bits per heavy atom. The molecular formula is C17H14Cl2N2O2. The van der Waals surface area contributed by atoms with Gasteiger partial charge in [-0.2, -0.15) is 5.26 Å². The number of halogens is 2. The molecule has 1 amide bonds. The van der Waals surface area contributed by atoms with Crippen molar-refractivity contribution in [2.24, 2.45) is 0 Å². The highest BCUT2D eigenvalue weighted by Gasteiger charge is 2.11. The summed E-state index contributed by atoms with van der Waals surface area (Å²) in [5.41, 5.74) is 1.34. The third-order valence-electron chi connectivity index (χ3n) is 3.15. The lowest BCUT2D eigenvalue weighted by molar-refractivity contribution is -0.123. The number of hydrogen-bond acceptors (Lipinski definition) is 3. The van der Waals surface area contributed by atoms with Crippen LogP contribution in [0.5, 0.6) is 5.75 Å². The molecule has 2 aromatic rings. The summed E-state index contributed by atoms with van der Waals surface area (Å²) in [5, 5.41) is 12.5. The van der Waals surface area contributed by atoms with E-state index < -0.39 is 0 Å². The van der Waals surface area contributed by atoms with Gasteiger partial charge in [0.05, 0.1) is 22.7 Å². The average Bonchev–Trinajstić information content (AvgIpc) is 2.53. The number of ether oxygens (including phenoxy) is 1. The average molecular weight is 349 g/mol. The standard InChI is InChI=1S/C17H14Cl2N2O2/c1-11(13-3-2-4-14(18)8-13)21-17(22)10-23-16-6-5-12(9-20)7-15(16)19/h2-8,11H,10H2,1H3,(H,21,22)/t11-/m0/s1. The summed E-state index contributed by atoms with van der Waals surface area (Å²) < 4.78 is 5.38. The normalized spacial score (nSPS) is 11.4. The minimum Gasteiger partial charge on any atom is -0.482 e. The van der Waals surface area contributed by atoms with E-state index in [1.54, 1.807) is 24.3 Å². The predicted molar refractivity (Wildman–Crippen MR) is 89.7 cm³/mol. The number of nitriles is 1. The van der Waals surface area contributed by atoms with Crippen molar-refractivity contribution in [2.75, 3.05) is 6.61 Å². The first kappa shape index (κ1) is 17.1. The van der Waals surface area contributed by atoms with Crippen molar-refractivity contribution in [1.29, 1.82) is 5.26 Å². The molecule has 0 unspecified atom stereocenters. The van der Waals surface area contributed by atoms with E-state index in [0.29, 0.717) is 21.4 Å². The van der Waals surface area contributed by atoms with Crippen molar-refractivity contribution in [3.8, 4) is 11.8 Å². The largest absolute Gasteiger partial charge is 0.482 e. The molecule has 0 aliphatic rings. The van der Waals surface area contributed by atoms with Crippen LogP contribution in [0.15, 0.2) is 42.5 Å². The van der Waals surface area contributed by atoms with Crippen LogP contribution in [0, 0.1) is 11.3 Å². The molecule has 6 heteroatoms. The first-order valence-corrected chi connectivity index (χ1v) is 7.62. The lowest BCUT2D eigenvalue weighted by atomic mass is 10.1. The number of amides is 1. The van der Waals surface area contributed by atoms with Crippen molar-refractivity contribution in [3.05, 3.63) is 63.6 Å². The molecule has 0 heterocycles. The van der Waals surface area contributed by atoms with E-state index in [-0.39, 0.29) is 18.6 Å². The fourth-order valence-corrected chi connectivity index (χ4v) is 2.41. The molecule has 0 saturated carbocycles. The number of benzene rings is 2. The molecule has 0 aliphatic carbocycles. The second-order valence-electron chi connectivity index (χ2n) is 4.89. The zero-order valence-electron chi connectivity index (χ0n) is 12.3. The molecule has 2 aromatic carbocycles. The Labute approximate surface area is 144 Å². The van der Waals surface area contributed by atoms with E-state index in [1.165, 1.54) is 6.07 Å². The number of hydrogen-bond donors (Lipinski definition) is 1. The van der Waals surface area contributed by atoms with Gasteiger partial charge in [0.1, 0.15) is 5.75 Å². The van der Waals surface area contributed by atoms with E-state index in [4.69, 9.17) is 33.2 Å². The summed E-state index contributed by atoms with van der Waals surface area (Å²) in [6.45, 7) is 1.69. The maximum Gasteiger partial charge on any atom is 0.258 e. The quantitative estimate of drug-likeness (QED) is 0.883. The van der Waals surface area contributed by atoms with Crippen LogP contribution in [0.3, 0.4) is 0 Å². The Morgan fingerprint density at radius 2 is 2.09 bits per heavy atom. The summed E-state index contributed by atoms with van der Waals surface area (Å²) >= 11 is 11.9. The highest BCUT2D eigenvalue weighted by atomic mass is 35.5. The second kappa shape index (κ2) is 7.87. The number of carbonyl (C=O) groups is 1. The van der Waals surface area contributed by atoms with Gasteiger partial charge in [-0.1, -0.05) is 35.3 Å². The molecule has 0 radical (unpaired) electrons. The maximum atomic E-state index is 12.0. The Balaban J connectivity index is 1.91. The zero-order valence-corrected chi connectivity index (χ0v) is 13.9. The minimum absolute atomic E-state index is 0.170. The van der Waals surface area contributed by atoms with Gasteiger partial charge in [-0.3, -0.25) is 4.79 Å². The first-order valence-electron chi connectivity index (χ1n) is 6.87. The molecule has 2 rings (SSSR count). The predicted octanol–water partition coefficient (Wildman–Crippen LogP) is 4.12. The van der Waals surface area contributed by atoms with Crippen LogP contribution in [-0.4, -0.2) is 12.5 Å². The SMILES string of the molecule is C[C@H](NC(=O)COc1ccc(C#N)cc1Cl)c1cccc(Cl)c1. The summed E-state index contributed by atoms with van der Waals surface area (Å²) in [7, 11) is 0. The van der Waals surface area contributed by atoms with Crippen molar-refractivity contribution < 1.29 is 9.53 Å². The van der Waals surface area contributed by atoms with Crippen molar-refractivity contribution in [1.82, 2.24) is 5.32 Å². The number of nitrogens with zero attached hydrogens (tertiary/aromatic N) is 1. The highest BCUT2D eigenvalue weighted by molar-refractivity contribution is 6.32. The third kappa shape index (κ3) is 4.88. The van der Waals surface area contributed by atoms with Gasteiger partial charge in [-0.05, 0) is 42.8 Å². The van der Waals surface area contributed by atoms with Gasteiger partial charge in [-0.15, -0.1) is 0 Å². The smallest absolute Gasteiger partial charge is 0.258 e. The van der Waals surface area contributed by atoms with E-state index in [2.05, 4.69) is 5.32 Å². The molecule has 0 spiro atoms. The minimum atomic E-state index is -0.280. The van der Waals surface area contributed by atoms with Crippen molar-refractivity contribution in [2.45, 2.75) is 13.0 Å². The molecule has 1 atom stereocenters. The van der Waals surface area contributed by atoms with Crippen LogP contribution >= 0.6 is 23.2 Å². The number of carbonyl (C=O) groups excluding carboxylic acids is 1. The van der Waals surface area contributed by atoms with Crippen LogP contribution in [0.4, 0.5) is 0 Å². The highest BCUT2D eigenvalue weighted by Crippen LogP contribution is 2.25. The van der Waals surface area contributed by atoms with Crippen LogP contribution < -0.4 is 10.1 Å². The topological polar surface area (TPSA) is 62.1 Å². The maximum absolute atomic E-state index is 12.0. The fourth-order valence-electron chi connectivity index (χ4n) is 1.97. The lowest BCUT2D eigenvalue weighted by Gasteiger charge is -2.15. The van der Waals surface area contributed by atoms with Crippen molar-refractivity contribution >= 4 is 29.1 Å². The monoisotopic (exact) mass is 348 g/mol. The second-order valence-corrected chi connectivity index (χ2v) is 5.73.